The Labute approximate surface area is 314 Å². The number of ether oxygens (including phenoxy) is 2. The molecule has 6 heteroatoms. The van der Waals surface area contributed by atoms with Gasteiger partial charge in [0.25, 0.3) is 0 Å². The van der Waals surface area contributed by atoms with Crippen LogP contribution in [-0.4, -0.2) is 63.3 Å². The fourth-order valence-corrected chi connectivity index (χ4v) is 7.51. The van der Waals surface area contributed by atoms with E-state index in [0.717, 1.165) is 30.4 Å². The zero-order valence-corrected chi connectivity index (χ0v) is 33.6. The molecule has 4 N–H and O–H groups in total. The number of rotatable bonds is 12. The molecular weight excluding hydrogens is 649 g/mol. The van der Waals surface area contributed by atoms with Gasteiger partial charge >= 0.3 is 0 Å². The lowest BCUT2D eigenvalue weighted by Crippen LogP contribution is -2.58. The highest BCUT2D eigenvalue weighted by atomic mass is 16.7. The van der Waals surface area contributed by atoms with Crippen LogP contribution in [0.2, 0.25) is 0 Å². The van der Waals surface area contributed by atoms with Gasteiger partial charge in [0.2, 0.25) is 0 Å². The Hall–Kier alpha value is -3.10. The van der Waals surface area contributed by atoms with Crippen molar-refractivity contribution in [1.29, 1.82) is 0 Å². The van der Waals surface area contributed by atoms with E-state index >= 15 is 0 Å². The molecule has 3 aliphatic rings. The molecule has 1 fully saturated rings. The van der Waals surface area contributed by atoms with Crippen molar-refractivity contribution in [1.82, 2.24) is 0 Å². The predicted octanol–water partition coefficient (Wildman–Crippen LogP) is 9.40. The summed E-state index contributed by atoms with van der Waals surface area (Å²) in [5, 5.41) is 40.7. The topological polar surface area (TPSA) is 99.4 Å². The number of hydrogen-bond acceptors (Lipinski definition) is 6. The first kappa shape index (κ1) is 43.3. The molecule has 0 radical (unpaired) electrons. The van der Waals surface area contributed by atoms with E-state index in [9.17, 15) is 20.4 Å². The van der Waals surface area contributed by atoms with Crippen LogP contribution in [0.5, 0.6) is 0 Å². The van der Waals surface area contributed by atoms with E-state index in [1.807, 2.05) is 0 Å². The van der Waals surface area contributed by atoms with E-state index < -0.39 is 30.7 Å². The van der Waals surface area contributed by atoms with Crippen LogP contribution in [0.15, 0.2) is 130 Å². The summed E-state index contributed by atoms with van der Waals surface area (Å²) in [7, 11) is 0. The molecule has 0 saturated carbocycles. The van der Waals surface area contributed by atoms with Gasteiger partial charge in [-0.25, -0.2) is 0 Å². The average molecular weight is 715 g/mol. The maximum absolute atomic E-state index is 10.4. The first-order valence-corrected chi connectivity index (χ1v) is 18.8. The highest BCUT2D eigenvalue weighted by molar-refractivity contribution is 5.39. The van der Waals surface area contributed by atoms with E-state index in [1.54, 1.807) is 6.92 Å². The standard InChI is InChI=1S/C46H66O6/c1-30(18-14-20-32(3)22-24-39-34(5)26-37(47)28-45(39,8)9)16-12-13-17-31(2)19-15-21-33(4)23-25-40-35(6)27-38(29-46(40,10)11)52-44-43(50)42(49)41(48)36(7)51-44/h12-25,36-38,41-44,47-50H,26-29H2,1-11H3/b13-12+,18-14+,19-15+,24-22+,25-23+,30-16+,31-17+,32-20-,33-21+/t36-,37+,38+,41-,42+,43+,44-/m0/s1. The molecule has 1 saturated heterocycles. The van der Waals surface area contributed by atoms with E-state index in [0.29, 0.717) is 6.42 Å². The molecule has 1 heterocycles. The van der Waals surface area contributed by atoms with Gasteiger partial charge in [-0.15, -0.1) is 0 Å². The fraction of sp³-hybridized carbons (Fsp3) is 0.522. The maximum atomic E-state index is 10.4. The monoisotopic (exact) mass is 714 g/mol. The molecule has 0 unspecified atom stereocenters. The SMILES string of the molecule is CC1=C(/C=C/C(C)=C\C=C\C(C)=C\C=C\C=C(C)\C=C\C=C(C)\C=C\C2=C(C)C[C@@H](O[C@@H]3O[C@@H](C)[C@H](O)[C@@H](O)[C@H]3O)CC2(C)C)C(C)(C)C[C@H](O)C1. The third kappa shape index (κ3) is 12.8. The van der Waals surface area contributed by atoms with E-state index in [2.05, 4.69) is 154 Å². The predicted molar refractivity (Wildman–Crippen MR) is 215 cm³/mol. The van der Waals surface area contributed by atoms with Crippen molar-refractivity contribution >= 4 is 0 Å². The molecule has 0 aromatic carbocycles. The summed E-state index contributed by atoms with van der Waals surface area (Å²) in [5.41, 5.74) is 9.59. The smallest absolute Gasteiger partial charge is 0.186 e. The van der Waals surface area contributed by atoms with Gasteiger partial charge in [0.15, 0.2) is 6.29 Å². The number of aliphatic hydroxyl groups excluding tert-OH is 4. The largest absolute Gasteiger partial charge is 0.393 e. The highest BCUT2D eigenvalue weighted by Gasteiger charge is 2.44. The lowest BCUT2D eigenvalue weighted by Gasteiger charge is -2.43. The van der Waals surface area contributed by atoms with Crippen LogP contribution >= 0.6 is 0 Å². The first-order valence-electron chi connectivity index (χ1n) is 18.8. The lowest BCUT2D eigenvalue weighted by molar-refractivity contribution is -0.305. The lowest BCUT2D eigenvalue weighted by atomic mass is 9.71. The Morgan fingerprint density at radius 1 is 0.615 bits per heavy atom. The van der Waals surface area contributed by atoms with Gasteiger partial charge in [0, 0.05) is 0 Å². The molecule has 2 aliphatic carbocycles. The van der Waals surface area contributed by atoms with Gasteiger partial charge in [0.1, 0.15) is 18.3 Å². The first-order chi connectivity index (χ1) is 24.3. The molecule has 286 valence electrons. The Bertz CT molecular complexity index is 1580. The van der Waals surface area contributed by atoms with E-state index in [4.69, 9.17) is 9.47 Å². The number of allylic oxidation sites excluding steroid dienone is 20. The summed E-state index contributed by atoms with van der Waals surface area (Å²) in [5.74, 6) is 0. The summed E-state index contributed by atoms with van der Waals surface area (Å²) < 4.78 is 11.8. The summed E-state index contributed by atoms with van der Waals surface area (Å²) in [6.45, 7) is 23.1. The van der Waals surface area contributed by atoms with Crippen LogP contribution in [0.25, 0.3) is 0 Å². The Balaban J connectivity index is 1.51. The molecule has 52 heavy (non-hydrogen) atoms. The van der Waals surface area contributed by atoms with Crippen molar-refractivity contribution in [2.75, 3.05) is 0 Å². The Morgan fingerprint density at radius 2 is 1.06 bits per heavy atom. The van der Waals surface area contributed by atoms with E-state index in [1.165, 1.54) is 33.4 Å². The van der Waals surface area contributed by atoms with Crippen molar-refractivity contribution < 1.29 is 29.9 Å². The van der Waals surface area contributed by atoms with Crippen LogP contribution in [0, 0.1) is 10.8 Å². The van der Waals surface area contributed by atoms with Gasteiger partial charge in [0.05, 0.1) is 18.3 Å². The zero-order chi connectivity index (χ0) is 38.8. The molecule has 7 atom stereocenters. The molecule has 0 aromatic rings. The quantitative estimate of drug-likeness (QED) is 0.150. The van der Waals surface area contributed by atoms with Gasteiger partial charge in [-0.1, -0.05) is 146 Å². The summed E-state index contributed by atoms with van der Waals surface area (Å²) in [6.07, 6.45) is 26.9. The van der Waals surface area contributed by atoms with Gasteiger partial charge in [-0.2, -0.15) is 0 Å². The highest BCUT2D eigenvalue weighted by Crippen LogP contribution is 2.43. The maximum Gasteiger partial charge on any atom is 0.186 e. The zero-order valence-electron chi connectivity index (χ0n) is 33.6. The Kier molecular flexibility index (Phi) is 16.1. The molecule has 0 aromatic heterocycles. The minimum Gasteiger partial charge on any atom is -0.393 e. The van der Waals surface area contributed by atoms with Crippen molar-refractivity contribution in [3.8, 4) is 0 Å². The fourth-order valence-electron chi connectivity index (χ4n) is 7.51. The van der Waals surface area contributed by atoms with Crippen molar-refractivity contribution in [2.45, 2.75) is 145 Å². The molecule has 6 nitrogen and oxygen atoms in total. The summed E-state index contributed by atoms with van der Waals surface area (Å²) in [4.78, 5) is 0. The normalized spacial score (nSPS) is 31.5. The minimum absolute atomic E-state index is 0.0120. The van der Waals surface area contributed by atoms with Gasteiger partial charge in [-0.05, 0) is 96.1 Å². The van der Waals surface area contributed by atoms with Crippen LogP contribution in [0.1, 0.15) is 102 Å². The van der Waals surface area contributed by atoms with Gasteiger partial charge in [-0.3, -0.25) is 0 Å². The van der Waals surface area contributed by atoms with Crippen molar-refractivity contribution in [3.63, 3.8) is 0 Å². The van der Waals surface area contributed by atoms with Crippen LogP contribution in [0.4, 0.5) is 0 Å². The average Bonchev–Trinajstić information content (AvgIpc) is 3.03. The summed E-state index contributed by atoms with van der Waals surface area (Å²) in [6, 6.07) is 0. The summed E-state index contributed by atoms with van der Waals surface area (Å²) >= 11 is 0. The molecular formula is C46H66O6. The van der Waals surface area contributed by atoms with Crippen LogP contribution in [-0.2, 0) is 9.47 Å². The second kappa shape index (κ2) is 19.3. The third-order valence-electron chi connectivity index (χ3n) is 10.4. The number of aliphatic hydroxyl groups is 4. The second-order valence-corrected chi connectivity index (χ2v) is 16.5. The third-order valence-corrected chi connectivity index (χ3v) is 10.4. The molecule has 0 bridgehead atoms. The molecule has 0 spiro atoms. The second-order valence-electron chi connectivity index (χ2n) is 16.5. The van der Waals surface area contributed by atoms with Crippen LogP contribution < -0.4 is 0 Å². The molecule has 0 amide bonds. The molecule has 3 rings (SSSR count). The van der Waals surface area contributed by atoms with E-state index in [-0.39, 0.29) is 23.0 Å². The van der Waals surface area contributed by atoms with Crippen molar-refractivity contribution in [2.24, 2.45) is 10.8 Å². The van der Waals surface area contributed by atoms with Gasteiger partial charge < -0.3 is 29.9 Å². The molecule has 1 aliphatic heterocycles. The Morgan fingerprint density at radius 3 is 1.54 bits per heavy atom. The number of hydrogen-bond donors (Lipinski definition) is 4. The van der Waals surface area contributed by atoms with Crippen molar-refractivity contribution in [3.05, 3.63) is 130 Å². The minimum atomic E-state index is -1.30. The van der Waals surface area contributed by atoms with Crippen LogP contribution in [0.3, 0.4) is 0 Å².